The van der Waals surface area contributed by atoms with Crippen LogP contribution in [0.5, 0.6) is 0 Å². The quantitative estimate of drug-likeness (QED) is 0.752. The zero-order valence-corrected chi connectivity index (χ0v) is 12.0. The summed E-state index contributed by atoms with van der Waals surface area (Å²) >= 11 is 0. The molecule has 0 aromatic heterocycles. The summed E-state index contributed by atoms with van der Waals surface area (Å²) < 4.78 is 8.98. The molecule has 0 fully saturated rings. The van der Waals surface area contributed by atoms with E-state index in [1.807, 2.05) is 84.9 Å². The van der Waals surface area contributed by atoms with Gasteiger partial charge in [0.1, 0.15) is 0 Å². The molecular formula is C20H16N2. The third kappa shape index (κ3) is 2.19. The molecule has 4 rings (SSSR count). The Hall–Kier alpha value is -2.87. The molecule has 3 aromatic rings. The van der Waals surface area contributed by atoms with Gasteiger partial charge in [-0.2, -0.15) is 5.10 Å². The summed E-state index contributed by atoms with van der Waals surface area (Å²) in [4.78, 5) is 0. The van der Waals surface area contributed by atoms with E-state index in [-0.39, 0.29) is 0 Å². The highest BCUT2D eigenvalue weighted by molar-refractivity contribution is 6.14. The lowest BCUT2D eigenvalue weighted by atomic mass is 9.89. The van der Waals surface area contributed by atoms with Crippen LogP contribution in [0.15, 0.2) is 90.0 Å². The lowest BCUT2D eigenvalue weighted by Gasteiger charge is -2.26. The Balaban J connectivity index is 1.90. The fraction of sp³-hybridized carbons (Fsp3) is 0.0500. The second-order valence-electron chi connectivity index (χ2n) is 5.22. The Labute approximate surface area is 131 Å². The zero-order chi connectivity index (χ0) is 15.7. The van der Waals surface area contributed by atoms with Crippen molar-refractivity contribution in [2.45, 2.75) is 6.02 Å². The summed E-state index contributed by atoms with van der Waals surface area (Å²) in [6.45, 7) is 0. The summed E-state index contributed by atoms with van der Waals surface area (Å²) in [7, 11) is 0. The normalized spacial score (nSPS) is 20.4. The lowest BCUT2D eigenvalue weighted by molar-refractivity contribution is 0.628. The smallest absolute Gasteiger partial charge is 0.0977 e. The maximum atomic E-state index is 8.98. The van der Waals surface area contributed by atoms with Gasteiger partial charge in [0.15, 0.2) is 0 Å². The fourth-order valence-electron chi connectivity index (χ4n) is 2.78. The van der Waals surface area contributed by atoms with Crippen molar-refractivity contribution >= 4 is 5.71 Å². The standard InChI is InChI=1S/C20H16N2/c1-3-9-15(10-4-1)19-17-13-7-8-14-18(17)20(22-21-19)16-11-5-2-6-12-16/h1-14,19,21H/i19D. The first-order valence-electron chi connectivity index (χ1n) is 7.85. The molecule has 0 aliphatic carbocycles. The molecule has 2 heteroatoms. The maximum absolute atomic E-state index is 8.98. The first-order chi connectivity index (χ1) is 11.3. The van der Waals surface area contributed by atoms with Crippen molar-refractivity contribution in [3.8, 4) is 0 Å². The summed E-state index contributed by atoms with van der Waals surface area (Å²) in [5.74, 6) is 0. The first-order valence-corrected chi connectivity index (χ1v) is 7.35. The molecule has 0 radical (unpaired) electrons. The summed E-state index contributed by atoms with van der Waals surface area (Å²) in [6, 6.07) is 26.8. The molecule has 106 valence electrons. The van der Waals surface area contributed by atoms with Gasteiger partial charge in [-0.05, 0) is 11.1 Å². The Kier molecular flexibility index (Phi) is 2.93. The second kappa shape index (κ2) is 5.49. The van der Waals surface area contributed by atoms with Crippen LogP contribution in [0.25, 0.3) is 0 Å². The number of nitrogens with zero attached hydrogens (tertiary/aromatic N) is 1. The average Bonchev–Trinajstić information content (AvgIpc) is 2.64. The van der Waals surface area contributed by atoms with Crippen LogP contribution in [0.1, 0.15) is 29.6 Å². The van der Waals surface area contributed by atoms with Crippen LogP contribution in [0.4, 0.5) is 0 Å². The van der Waals surface area contributed by atoms with Gasteiger partial charge in [-0.3, -0.25) is 5.43 Å². The molecule has 1 aliphatic heterocycles. The largest absolute Gasteiger partial charge is 0.297 e. The van der Waals surface area contributed by atoms with E-state index in [4.69, 9.17) is 1.37 Å². The maximum Gasteiger partial charge on any atom is 0.0977 e. The van der Waals surface area contributed by atoms with E-state index in [1.165, 1.54) is 0 Å². The number of fused-ring (bicyclic) bond motifs is 1. The molecule has 22 heavy (non-hydrogen) atoms. The van der Waals surface area contributed by atoms with Gasteiger partial charge in [0, 0.05) is 11.1 Å². The van der Waals surface area contributed by atoms with Crippen molar-refractivity contribution in [1.82, 2.24) is 5.43 Å². The van der Waals surface area contributed by atoms with Crippen LogP contribution >= 0.6 is 0 Å². The highest BCUT2D eigenvalue weighted by Gasteiger charge is 2.24. The van der Waals surface area contributed by atoms with Gasteiger partial charge in [0.05, 0.1) is 13.1 Å². The van der Waals surface area contributed by atoms with E-state index in [9.17, 15) is 0 Å². The number of benzene rings is 3. The number of hydrogen-bond donors (Lipinski definition) is 1. The monoisotopic (exact) mass is 285 g/mol. The zero-order valence-electron chi connectivity index (χ0n) is 13.0. The molecule has 1 heterocycles. The molecule has 0 saturated heterocycles. The molecule has 1 N–H and O–H groups in total. The molecule has 0 bridgehead atoms. The van der Waals surface area contributed by atoms with Crippen LogP contribution in [-0.4, -0.2) is 5.71 Å². The van der Waals surface area contributed by atoms with Crippen LogP contribution in [-0.2, 0) is 0 Å². The van der Waals surface area contributed by atoms with E-state index in [2.05, 4.69) is 10.5 Å². The summed E-state index contributed by atoms with van der Waals surface area (Å²) in [5, 5.41) is 4.55. The molecule has 0 amide bonds. The third-order valence-electron chi connectivity index (χ3n) is 3.84. The number of rotatable bonds is 2. The molecule has 3 aromatic carbocycles. The van der Waals surface area contributed by atoms with Crippen molar-refractivity contribution in [3.63, 3.8) is 0 Å². The van der Waals surface area contributed by atoms with Gasteiger partial charge < -0.3 is 0 Å². The van der Waals surface area contributed by atoms with Gasteiger partial charge in [-0.1, -0.05) is 84.9 Å². The summed E-state index contributed by atoms with van der Waals surface area (Å²) in [6.07, 6.45) is 0. The van der Waals surface area contributed by atoms with E-state index in [1.54, 1.807) is 0 Å². The average molecular weight is 285 g/mol. The minimum atomic E-state index is -1.07. The van der Waals surface area contributed by atoms with E-state index in [0.29, 0.717) is 0 Å². The number of hydrogen-bond acceptors (Lipinski definition) is 2. The van der Waals surface area contributed by atoms with Gasteiger partial charge in [0.2, 0.25) is 0 Å². The minimum absolute atomic E-state index is 0.875. The first kappa shape index (κ1) is 11.8. The van der Waals surface area contributed by atoms with Crippen molar-refractivity contribution in [1.29, 1.82) is 0 Å². The van der Waals surface area contributed by atoms with Crippen LogP contribution in [0.3, 0.4) is 0 Å². The molecular weight excluding hydrogens is 268 g/mol. The van der Waals surface area contributed by atoms with Crippen molar-refractivity contribution in [2.24, 2.45) is 5.10 Å². The molecule has 1 atom stereocenters. The fourth-order valence-corrected chi connectivity index (χ4v) is 2.78. The van der Waals surface area contributed by atoms with Crippen molar-refractivity contribution in [2.75, 3.05) is 0 Å². The molecule has 0 saturated carbocycles. The Morgan fingerprint density at radius 2 is 1.41 bits per heavy atom. The van der Waals surface area contributed by atoms with Crippen molar-refractivity contribution < 1.29 is 1.37 Å². The van der Waals surface area contributed by atoms with Crippen LogP contribution < -0.4 is 5.43 Å². The molecule has 1 aliphatic rings. The highest BCUT2D eigenvalue weighted by Crippen LogP contribution is 2.30. The molecule has 1 unspecified atom stereocenters. The Morgan fingerprint density at radius 3 is 2.18 bits per heavy atom. The SMILES string of the molecule is [2H]C1(c2ccccc2)NN=C(c2ccccc2)c2ccccc21. The predicted molar refractivity (Wildman–Crippen MR) is 89.9 cm³/mol. The predicted octanol–water partition coefficient (Wildman–Crippen LogP) is 4.13. The van der Waals surface area contributed by atoms with Gasteiger partial charge in [-0.25, -0.2) is 0 Å². The van der Waals surface area contributed by atoms with Crippen molar-refractivity contribution in [3.05, 3.63) is 107 Å². The number of nitrogens with one attached hydrogen (secondary N) is 1. The van der Waals surface area contributed by atoms with E-state index in [0.717, 1.165) is 28.0 Å². The number of hydrazone groups is 1. The molecule has 0 spiro atoms. The summed E-state index contributed by atoms with van der Waals surface area (Å²) in [5.41, 5.74) is 7.78. The van der Waals surface area contributed by atoms with Gasteiger partial charge >= 0.3 is 0 Å². The minimum Gasteiger partial charge on any atom is -0.297 e. The van der Waals surface area contributed by atoms with E-state index < -0.39 is 6.02 Å². The third-order valence-corrected chi connectivity index (χ3v) is 3.84. The topological polar surface area (TPSA) is 24.4 Å². The Bertz CT molecular complexity index is 859. The van der Waals surface area contributed by atoms with Gasteiger partial charge in [-0.15, -0.1) is 0 Å². The van der Waals surface area contributed by atoms with Crippen LogP contribution in [0.2, 0.25) is 0 Å². The van der Waals surface area contributed by atoms with Crippen LogP contribution in [0, 0.1) is 0 Å². The van der Waals surface area contributed by atoms with E-state index >= 15 is 0 Å². The van der Waals surface area contributed by atoms with Gasteiger partial charge in [0.25, 0.3) is 0 Å². The lowest BCUT2D eigenvalue weighted by Crippen LogP contribution is -2.27. The highest BCUT2D eigenvalue weighted by atomic mass is 15.3. The molecule has 2 nitrogen and oxygen atoms in total. The second-order valence-corrected chi connectivity index (χ2v) is 5.22. The Morgan fingerprint density at radius 1 is 0.773 bits per heavy atom.